The summed E-state index contributed by atoms with van der Waals surface area (Å²) in [5.41, 5.74) is 2.23. The van der Waals surface area contributed by atoms with E-state index in [2.05, 4.69) is 26.8 Å². The van der Waals surface area contributed by atoms with E-state index in [-0.39, 0.29) is 24.9 Å². The van der Waals surface area contributed by atoms with Crippen molar-refractivity contribution in [1.82, 2.24) is 0 Å². The first kappa shape index (κ1) is 28.0. The third-order valence-electron chi connectivity index (χ3n) is 7.21. The number of aliphatic hydroxyl groups excluding tert-OH is 1. The zero-order valence-electron chi connectivity index (χ0n) is 22.3. The average molecular weight is 521 g/mol. The number of aliphatic hydroxyl groups is 1. The first-order chi connectivity index (χ1) is 17.7. The van der Waals surface area contributed by atoms with Gasteiger partial charge in [-0.25, -0.2) is 0 Å². The minimum Gasteiger partial charge on any atom is -0.392 e. The van der Waals surface area contributed by atoms with E-state index in [1.54, 1.807) is 11.3 Å². The van der Waals surface area contributed by atoms with Gasteiger partial charge in [0.05, 0.1) is 30.8 Å². The Bertz CT molecular complexity index is 945. The number of rotatable bonds is 14. The number of hydrogen-bond donors (Lipinski definition) is 1. The minimum absolute atomic E-state index is 0.0233. The molecule has 1 aromatic carbocycles. The zero-order chi connectivity index (χ0) is 25.4. The monoisotopic (exact) mass is 520 g/mol. The Kier molecular flexibility index (Phi) is 10.6. The lowest BCUT2D eigenvalue weighted by Crippen LogP contribution is -2.58. The Morgan fingerprint density at radius 1 is 1.03 bits per heavy atom. The van der Waals surface area contributed by atoms with Crippen LogP contribution in [0.4, 0.5) is 0 Å². The van der Waals surface area contributed by atoms with Gasteiger partial charge in [-0.3, -0.25) is 0 Å². The fourth-order valence-electron chi connectivity index (χ4n) is 5.20. The SMILES string of the molecule is CCCCOC[C@H]1OC2(C[C@@H](OCCCC)[C@@H]1OCCCC)OCCc1c2sc2c(CO)cccc12. The molecule has 1 spiro atoms. The minimum atomic E-state index is -0.885. The predicted octanol–water partition coefficient (Wildman–Crippen LogP) is 6.10. The van der Waals surface area contributed by atoms with Crippen molar-refractivity contribution in [3.05, 3.63) is 34.2 Å². The fraction of sp³-hybridized carbons (Fsp3) is 0.724. The van der Waals surface area contributed by atoms with Crippen LogP contribution >= 0.6 is 11.3 Å². The van der Waals surface area contributed by atoms with Gasteiger partial charge >= 0.3 is 0 Å². The van der Waals surface area contributed by atoms with Gasteiger partial charge in [0.15, 0.2) is 0 Å². The average Bonchev–Trinajstić information content (AvgIpc) is 3.29. The summed E-state index contributed by atoms with van der Waals surface area (Å²) in [6.45, 7) is 9.69. The Morgan fingerprint density at radius 2 is 1.78 bits per heavy atom. The van der Waals surface area contributed by atoms with Gasteiger partial charge in [0.1, 0.15) is 12.2 Å². The highest BCUT2D eigenvalue weighted by Gasteiger charge is 2.53. The summed E-state index contributed by atoms with van der Waals surface area (Å²) < 4.78 is 33.6. The lowest BCUT2D eigenvalue weighted by atomic mass is 9.90. The number of hydrogen-bond acceptors (Lipinski definition) is 7. The van der Waals surface area contributed by atoms with E-state index in [1.165, 1.54) is 10.9 Å². The molecule has 3 heterocycles. The molecular formula is C29H44O6S. The van der Waals surface area contributed by atoms with Crippen molar-refractivity contribution in [2.75, 3.05) is 33.0 Å². The van der Waals surface area contributed by atoms with Crippen LogP contribution in [0.5, 0.6) is 0 Å². The van der Waals surface area contributed by atoms with Crippen LogP contribution in [0, 0.1) is 0 Å². The van der Waals surface area contributed by atoms with Crippen LogP contribution in [0.3, 0.4) is 0 Å². The topological polar surface area (TPSA) is 66.4 Å². The normalized spacial score (nSPS) is 26.1. The van der Waals surface area contributed by atoms with E-state index in [0.717, 1.165) is 60.1 Å². The molecule has 7 heteroatoms. The molecule has 0 saturated carbocycles. The van der Waals surface area contributed by atoms with Gasteiger partial charge in [-0.1, -0.05) is 58.2 Å². The second kappa shape index (κ2) is 13.7. The molecule has 4 rings (SSSR count). The van der Waals surface area contributed by atoms with E-state index < -0.39 is 5.79 Å². The van der Waals surface area contributed by atoms with E-state index in [0.29, 0.717) is 39.5 Å². The molecule has 1 saturated heterocycles. The lowest BCUT2D eigenvalue weighted by molar-refractivity contribution is -0.343. The Balaban J connectivity index is 1.69. The summed E-state index contributed by atoms with van der Waals surface area (Å²) in [6, 6.07) is 6.19. The molecule has 36 heavy (non-hydrogen) atoms. The van der Waals surface area contributed by atoms with Crippen molar-refractivity contribution < 1.29 is 28.8 Å². The van der Waals surface area contributed by atoms with E-state index >= 15 is 0 Å². The molecule has 1 fully saturated rings. The van der Waals surface area contributed by atoms with Crippen LogP contribution < -0.4 is 0 Å². The molecule has 4 atom stereocenters. The second-order valence-electron chi connectivity index (χ2n) is 9.95. The van der Waals surface area contributed by atoms with Crippen molar-refractivity contribution >= 4 is 21.4 Å². The molecule has 6 nitrogen and oxygen atoms in total. The van der Waals surface area contributed by atoms with Gasteiger partial charge in [-0.05, 0) is 42.2 Å². The van der Waals surface area contributed by atoms with E-state index in [4.69, 9.17) is 23.7 Å². The molecule has 2 aromatic rings. The Morgan fingerprint density at radius 3 is 2.53 bits per heavy atom. The summed E-state index contributed by atoms with van der Waals surface area (Å²) in [4.78, 5) is 1.11. The number of unbranched alkanes of at least 4 members (excludes halogenated alkanes) is 3. The standard InChI is InChI=1S/C29H44O6S/c1-4-7-14-31-20-25-26(33-16-9-6-3)24(32-15-8-5-2)18-29(35-25)28-23(13-17-34-29)22-12-10-11-21(19-30)27(22)36-28/h10-12,24-26,30H,4-9,13-20H2,1-3H3/t24-,25-,26+,29?/m1/s1. The lowest BCUT2D eigenvalue weighted by Gasteiger charge is -2.49. The van der Waals surface area contributed by atoms with Gasteiger partial charge in [-0.15, -0.1) is 11.3 Å². The molecule has 1 N–H and O–H groups in total. The number of benzene rings is 1. The number of fused-ring (bicyclic) bond motifs is 4. The number of thiophene rings is 1. The highest BCUT2D eigenvalue weighted by Crippen LogP contribution is 2.50. The van der Waals surface area contributed by atoms with E-state index in [1.807, 2.05) is 12.1 Å². The predicted molar refractivity (Wildman–Crippen MR) is 144 cm³/mol. The molecule has 0 bridgehead atoms. The summed E-state index contributed by atoms with van der Waals surface area (Å²) in [6.07, 6.45) is 7.11. The highest BCUT2D eigenvalue weighted by atomic mass is 32.1. The van der Waals surface area contributed by atoms with Crippen LogP contribution in [0.15, 0.2) is 18.2 Å². The first-order valence-electron chi connectivity index (χ1n) is 13.9. The van der Waals surface area contributed by atoms with Crippen LogP contribution in [0.1, 0.15) is 81.7 Å². The third-order valence-corrected chi connectivity index (χ3v) is 8.66. The summed E-state index contributed by atoms with van der Waals surface area (Å²) in [5.74, 6) is -0.885. The second-order valence-corrected chi connectivity index (χ2v) is 11.0. The maximum absolute atomic E-state index is 9.97. The van der Waals surface area contributed by atoms with Gasteiger partial charge in [-0.2, -0.15) is 0 Å². The maximum Gasteiger partial charge on any atom is 0.207 e. The molecule has 1 unspecified atom stereocenters. The maximum atomic E-state index is 9.97. The summed E-state index contributed by atoms with van der Waals surface area (Å²) >= 11 is 1.70. The van der Waals surface area contributed by atoms with Crippen molar-refractivity contribution in [2.24, 2.45) is 0 Å². The Hall–Kier alpha value is -1.06. The van der Waals surface area contributed by atoms with Gasteiger partial charge < -0.3 is 28.8 Å². The molecule has 0 amide bonds. The smallest absolute Gasteiger partial charge is 0.207 e. The fourth-order valence-corrected chi connectivity index (χ4v) is 6.65. The summed E-state index contributed by atoms with van der Waals surface area (Å²) in [7, 11) is 0. The third kappa shape index (κ3) is 6.15. The molecule has 0 radical (unpaired) electrons. The molecular weight excluding hydrogens is 476 g/mol. The largest absolute Gasteiger partial charge is 0.392 e. The molecule has 1 aromatic heterocycles. The van der Waals surface area contributed by atoms with Gasteiger partial charge in [0, 0.05) is 30.9 Å². The van der Waals surface area contributed by atoms with Gasteiger partial charge in [0.25, 0.3) is 0 Å². The highest BCUT2D eigenvalue weighted by molar-refractivity contribution is 7.19. The summed E-state index contributed by atoms with van der Waals surface area (Å²) in [5, 5.41) is 11.2. The van der Waals surface area contributed by atoms with Gasteiger partial charge in [0.2, 0.25) is 5.79 Å². The van der Waals surface area contributed by atoms with Crippen LogP contribution in [0.25, 0.3) is 10.1 Å². The van der Waals surface area contributed by atoms with Crippen LogP contribution in [-0.4, -0.2) is 56.5 Å². The molecule has 2 aliphatic heterocycles. The van der Waals surface area contributed by atoms with Crippen LogP contribution in [0.2, 0.25) is 0 Å². The molecule has 2 aliphatic rings. The first-order valence-corrected chi connectivity index (χ1v) is 14.8. The molecule has 0 aliphatic carbocycles. The molecule has 202 valence electrons. The van der Waals surface area contributed by atoms with Crippen LogP contribution in [-0.2, 0) is 42.5 Å². The van der Waals surface area contributed by atoms with E-state index in [9.17, 15) is 5.11 Å². The van der Waals surface area contributed by atoms with Crippen molar-refractivity contribution in [2.45, 2.75) is 103 Å². The van der Waals surface area contributed by atoms with Crippen molar-refractivity contribution in [3.8, 4) is 0 Å². The quantitative estimate of drug-likeness (QED) is 0.304. The zero-order valence-corrected chi connectivity index (χ0v) is 23.1. The van der Waals surface area contributed by atoms with Crippen molar-refractivity contribution in [1.29, 1.82) is 0 Å². The number of ether oxygens (including phenoxy) is 5. The Labute approximate surface area is 220 Å². The van der Waals surface area contributed by atoms with Crippen molar-refractivity contribution in [3.63, 3.8) is 0 Å².